The fraction of sp³-hybridized carbons (Fsp3) is 0.556. The molecule has 37 heavy (non-hydrogen) atoms. The molecule has 2 heterocycles. The van der Waals surface area contributed by atoms with Gasteiger partial charge in [-0.1, -0.05) is 6.08 Å². The third kappa shape index (κ3) is 8.41. The van der Waals surface area contributed by atoms with Gasteiger partial charge in [0.15, 0.2) is 0 Å². The Morgan fingerprint density at radius 1 is 1.19 bits per heavy atom. The number of piperidine rings is 1. The second-order valence-electron chi connectivity index (χ2n) is 9.65. The maximum Gasteiger partial charge on any atom is 0.243 e. The number of hydrogen-bond acceptors (Lipinski definition) is 7. The number of carbonyl (C=O) groups is 1. The summed E-state index contributed by atoms with van der Waals surface area (Å²) in [6.07, 6.45) is 7.44. The fourth-order valence-corrected chi connectivity index (χ4v) is 5.94. The Labute approximate surface area is 222 Å². The summed E-state index contributed by atoms with van der Waals surface area (Å²) in [7, 11) is 3.44. The molecule has 206 valence electrons. The van der Waals surface area contributed by atoms with Gasteiger partial charge in [0.1, 0.15) is 5.82 Å². The van der Waals surface area contributed by atoms with E-state index in [9.17, 15) is 13.2 Å². The van der Waals surface area contributed by atoms with Crippen LogP contribution < -0.4 is 10.2 Å². The number of hydrogen-bond donors (Lipinski definition) is 1. The van der Waals surface area contributed by atoms with Crippen molar-refractivity contribution in [1.82, 2.24) is 14.2 Å². The van der Waals surface area contributed by atoms with Gasteiger partial charge in [-0.25, -0.2) is 17.7 Å². The molecule has 0 bridgehead atoms. The van der Waals surface area contributed by atoms with Gasteiger partial charge in [0.05, 0.1) is 29.7 Å². The van der Waals surface area contributed by atoms with Crippen LogP contribution in [0.2, 0.25) is 0 Å². The van der Waals surface area contributed by atoms with Crippen LogP contribution in [-0.2, 0) is 19.6 Å². The van der Waals surface area contributed by atoms with Gasteiger partial charge in [0.25, 0.3) is 0 Å². The van der Waals surface area contributed by atoms with E-state index in [2.05, 4.69) is 34.2 Å². The molecule has 10 heteroatoms. The van der Waals surface area contributed by atoms with E-state index in [-0.39, 0.29) is 23.8 Å². The minimum absolute atomic E-state index is 0.00532. The zero-order chi connectivity index (χ0) is 27.8. The normalized spacial score (nSPS) is 16.8. The number of nitrogens with zero attached hydrogens (tertiary/aromatic N) is 4. The second-order valence-corrected chi connectivity index (χ2v) is 11.6. The zero-order valence-electron chi connectivity index (χ0n) is 23.5. The zero-order valence-corrected chi connectivity index (χ0v) is 24.4. The molecule has 0 aliphatic carbocycles. The molecule has 2 rings (SSSR count). The van der Waals surface area contributed by atoms with Gasteiger partial charge >= 0.3 is 0 Å². The molecule has 0 unspecified atom stereocenters. The lowest BCUT2D eigenvalue weighted by Crippen LogP contribution is -2.42. The average molecular weight is 534 g/mol. The molecule has 0 radical (unpaired) electrons. The van der Waals surface area contributed by atoms with Crippen molar-refractivity contribution in [3.63, 3.8) is 0 Å². The van der Waals surface area contributed by atoms with Gasteiger partial charge in [-0.15, -0.1) is 0 Å². The SMILES string of the molecule is C\C=C(C)/C(=C(C)\C=C(/C)OC)S(=O)(=O)N(C)CCC(=O)Nc1ccc(N2CCC(N(C)C)CC2)cn1. The van der Waals surface area contributed by atoms with Crippen molar-refractivity contribution in [2.75, 3.05) is 58.1 Å². The summed E-state index contributed by atoms with van der Waals surface area (Å²) in [5.41, 5.74) is 2.23. The lowest BCUT2D eigenvalue weighted by Gasteiger charge is -2.36. The smallest absolute Gasteiger partial charge is 0.243 e. The quantitative estimate of drug-likeness (QED) is 0.339. The third-order valence-electron chi connectivity index (χ3n) is 6.79. The Kier molecular flexibility index (Phi) is 11.3. The molecule has 0 atom stereocenters. The molecule has 1 aromatic rings. The number of methoxy groups -OCH3 is 1. The predicted octanol–water partition coefficient (Wildman–Crippen LogP) is 3.99. The van der Waals surface area contributed by atoms with Crippen molar-refractivity contribution in [1.29, 1.82) is 0 Å². The van der Waals surface area contributed by atoms with E-state index in [1.807, 2.05) is 6.07 Å². The van der Waals surface area contributed by atoms with Crippen LogP contribution in [0, 0.1) is 0 Å². The third-order valence-corrected chi connectivity index (χ3v) is 8.95. The van der Waals surface area contributed by atoms with Gasteiger partial charge in [0.2, 0.25) is 15.9 Å². The Morgan fingerprint density at radius 2 is 1.84 bits per heavy atom. The van der Waals surface area contributed by atoms with E-state index in [0.29, 0.717) is 28.8 Å². The summed E-state index contributed by atoms with van der Waals surface area (Å²) < 4.78 is 33.1. The molecule has 1 aromatic heterocycles. The van der Waals surface area contributed by atoms with Crippen molar-refractivity contribution in [2.45, 2.75) is 53.0 Å². The molecular formula is C27H43N5O4S. The van der Waals surface area contributed by atoms with Gasteiger partial charge in [-0.3, -0.25) is 4.79 Å². The number of rotatable bonds is 11. The summed E-state index contributed by atoms with van der Waals surface area (Å²) in [4.78, 5) is 21.8. The fourth-order valence-electron chi connectivity index (χ4n) is 4.31. The van der Waals surface area contributed by atoms with Gasteiger partial charge < -0.3 is 19.9 Å². The molecule has 0 aromatic carbocycles. The average Bonchev–Trinajstić information content (AvgIpc) is 2.87. The van der Waals surface area contributed by atoms with E-state index < -0.39 is 10.0 Å². The Bertz CT molecular complexity index is 1120. The van der Waals surface area contributed by atoms with Gasteiger partial charge in [0, 0.05) is 39.1 Å². The van der Waals surface area contributed by atoms with Crippen LogP contribution >= 0.6 is 0 Å². The van der Waals surface area contributed by atoms with Crippen LogP contribution in [0.1, 0.15) is 47.0 Å². The first-order valence-electron chi connectivity index (χ1n) is 12.6. The highest BCUT2D eigenvalue weighted by atomic mass is 32.2. The first kappa shape index (κ1) is 30.5. The molecular weight excluding hydrogens is 490 g/mol. The number of pyridine rings is 1. The van der Waals surface area contributed by atoms with Crippen LogP contribution in [0.25, 0.3) is 0 Å². The number of allylic oxidation sites excluding steroid dienone is 5. The van der Waals surface area contributed by atoms with Crippen molar-refractivity contribution in [3.05, 3.63) is 52.3 Å². The first-order chi connectivity index (χ1) is 17.4. The Balaban J connectivity index is 2.00. The van der Waals surface area contributed by atoms with E-state index >= 15 is 0 Å². The number of sulfonamides is 1. The number of aromatic nitrogens is 1. The summed E-state index contributed by atoms with van der Waals surface area (Å²) in [5, 5.41) is 2.77. The monoisotopic (exact) mass is 533 g/mol. The molecule has 1 amide bonds. The predicted molar refractivity (Wildman–Crippen MR) is 151 cm³/mol. The number of ether oxygens (including phenoxy) is 1. The van der Waals surface area contributed by atoms with Gasteiger partial charge in [-0.2, -0.15) is 0 Å². The molecule has 1 N–H and O–H groups in total. The van der Waals surface area contributed by atoms with Crippen molar-refractivity contribution < 1.29 is 17.9 Å². The number of amides is 1. The molecule has 1 aliphatic rings. The standard InChI is InChI=1S/C27H43N5O4S/c1-9-20(2)27(21(3)18-22(4)36-8)37(34,35)31(7)15-14-26(33)29-25-11-10-24(19-28-25)32-16-12-23(13-17-32)30(5)6/h9-11,18-19,23H,12-17H2,1-8H3,(H,28,29,33)/b20-9-,22-18+,27-21+. The summed E-state index contributed by atoms with van der Waals surface area (Å²) in [6.45, 7) is 9.03. The van der Waals surface area contributed by atoms with Gasteiger partial charge in [-0.05, 0) is 84.0 Å². The van der Waals surface area contributed by atoms with Crippen LogP contribution in [0.3, 0.4) is 0 Å². The first-order valence-corrected chi connectivity index (χ1v) is 14.0. The molecule has 1 fully saturated rings. The van der Waals surface area contributed by atoms with E-state index in [0.717, 1.165) is 31.6 Å². The Morgan fingerprint density at radius 3 is 2.35 bits per heavy atom. The summed E-state index contributed by atoms with van der Waals surface area (Å²) in [5.74, 6) is 0.755. The van der Waals surface area contributed by atoms with Crippen LogP contribution in [0.15, 0.2) is 52.3 Å². The number of anilines is 2. The van der Waals surface area contributed by atoms with E-state index in [1.54, 1.807) is 52.1 Å². The van der Waals surface area contributed by atoms with Crippen molar-refractivity contribution >= 4 is 27.4 Å². The van der Waals surface area contributed by atoms with Crippen LogP contribution in [0.5, 0.6) is 0 Å². The lowest BCUT2D eigenvalue weighted by molar-refractivity contribution is -0.116. The maximum absolute atomic E-state index is 13.4. The number of nitrogens with one attached hydrogen (secondary N) is 1. The highest BCUT2D eigenvalue weighted by Gasteiger charge is 2.27. The molecule has 1 saturated heterocycles. The molecule has 0 saturated carbocycles. The van der Waals surface area contributed by atoms with Crippen LogP contribution in [-0.4, -0.2) is 82.4 Å². The minimum Gasteiger partial charge on any atom is -0.501 e. The topological polar surface area (TPSA) is 95.1 Å². The van der Waals surface area contributed by atoms with Crippen molar-refractivity contribution in [2.24, 2.45) is 0 Å². The molecule has 9 nitrogen and oxygen atoms in total. The van der Waals surface area contributed by atoms with Crippen molar-refractivity contribution in [3.8, 4) is 0 Å². The second kappa shape index (κ2) is 13.7. The molecule has 1 aliphatic heterocycles. The highest BCUT2D eigenvalue weighted by Crippen LogP contribution is 2.26. The highest BCUT2D eigenvalue weighted by molar-refractivity contribution is 7.93. The number of carbonyl (C=O) groups excluding carboxylic acids is 1. The maximum atomic E-state index is 13.4. The summed E-state index contributed by atoms with van der Waals surface area (Å²) in [6, 6.07) is 4.35. The Hall–Kier alpha value is -2.69. The van der Waals surface area contributed by atoms with E-state index in [4.69, 9.17) is 4.74 Å². The summed E-state index contributed by atoms with van der Waals surface area (Å²) >= 11 is 0. The molecule has 0 spiro atoms. The van der Waals surface area contributed by atoms with Crippen LogP contribution in [0.4, 0.5) is 11.5 Å². The minimum atomic E-state index is -3.82. The van der Waals surface area contributed by atoms with E-state index in [1.165, 1.54) is 18.5 Å². The largest absolute Gasteiger partial charge is 0.501 e. The lowest BCUT2D eigenvalue weighted by atomic mass is 10.0.